The van der Waals surface area contributed by atoms with Gasteiger partial charge in [0.25, 0.3) is 0 Å². The maximum atomic E-state index is 11.5. The van der Waals surface area contributed by atoms with Crippen LogP contribution in [0.2, 0.25) is 0 Å². The van der Waals surface area contributed by atoms with E-state index in [0.717, 1.165) is 44.1 Å². The molecule has 2 heteroatoms. The molecule has 0 N–H and O–H groups in total. The SMILES string of the molecule is COC(=O)C1=CCC=C(CC/C=C(\C)CCC=C(C)C)C1. The number of hydrogen-bond acceptors (Lipinski definition) is 2. The maximum absolute atomic E-state index is 11.5. The summed E-state index contributed by atoms with van der Waals surface area (Å²) in [6.45, 7) is 6.48. The van der Waals surface area contributed by atoms with Crippen molar-refractivity contribution in [1.82, 2.24) is 0 Å². The van der Waals surface area contributed by atoms with E-state index in [1.54, 1.807) is 0 Å². The number of carbonyl (C=O) groups is 1. The summed E-state index contributed by atoms with van der Waals surface area (Å²) in [5.41, 5.74) is 5.00. The van der Waals surface area contributed by atoms with Gasteiger partial charge in [-0.2, -0.15) is 0 Å². The fraction of sp³-hybridized carbons (Fsp3) is 0.526. The van der Waals surface area contributed by atoms with E-state index >= 15 is 0 Å². The lowest BCUT2D eigenvalue weighted by atomic mass is 9.94. The quantitative estimate of drug-likeness (QED) is 0.470. The van der Waals surface area contributed by atoms with Gasteiger partial charge in [0, 0.05) is 12.0 Å². The van der Waals surface area contributed by atoms with Crippen LogP contribution in [0.5, 0.6) is 0 Å². The normalized spacial score (nSPS) is 15.1. The third-order valence-corrected chi connectivity index (χ3v) is 3.69. The van der Waals surface area contributed by atoms with Gasteiger partial charge >= 0.3 is 5.97 Å². The zero-order chi connectivity index (χ0) is 15.7. The van der Waals surface area contributed by atoms with Crippen LogP contribution in [0.15, 0.2) is 46.6 Å². The molecule has 2 nitrogen and oxygen atoms in total. The summed E-state index contributed by atoms with van der Waals surface area (Å²) in [7, 11) is 1.44. The van der Waals surface area contributed by atoms with E-state index in [1.165, 1.54) is 23.8 Å². The first-order valence-corrected chi connectivity index (χ1v) is 7.77. The van der Waals surface area contributed by atoms with Gasteiger partial charge in [-0.05, 0) is 52.9 Å². The van der Waals surface area contributed by atoms with Crippen molar-refractivity contribution in [3.8, 4) is 0 Å². The molecule has 0 atom stereocenters. The highest BCUT2D eigenvalue weighted by Crippen LogP contribution is 2.23. The van der Waals surface area contributed by atoms with Gasteiger partial charge in [0.2, 0.25) is 0 Å². The van der Waals surface area contributed by atoms with Gasteiger partial charge in [-0.15, -0.1) is 0 Å². The van der Waals surface area contributed by atoms with Gasteiger partial charge in [0.15, 0.2) is 0 Å². The summed E-state index contributed by atoms with van der Waals surface area (Å²) in [6, 6.07) is 0. The van der Waals surface area contributed by atoms with Crippen LogP contribution < -0.4 is 0 Å². The molecule has 116 valence electrons. The van der Waals surface area contributed by atoms with Crippen LogP contribution in [0, 0.1) is 0 Å². The first kappa shape index (κ1) is 17.5. The molecule has 0 unspecified atom stereocenters. The van der Waals surface area contributed by atoms with Crippen molar-refractivity contribution in [2.45, 2.75) is 59.3 Å². The van der Waals surface area contributed by atoms with Gasteiger partial charge in [-0.3, -0.25) is 0 Å². The van der Waals surface area contributed by atoms with E-state index in [2.05, 4.69) is 39.0 Å². The van der Waals surface area contributed by atoms with Crippen molar-refractivity contribution in [2.24, 2.45) is 0 Å². The molecule has 0 amide bonds. The predicted molar refractivity (Wildman–Crippen MR) is 89.1 cm³/mol. The summed E-state index contributed by atoms with van der Waals surface area (Å²) in [6.07, 6.45) is 14.8. The number of esters is 1. The molecule has 0 bridgehead atoms. The number of methoxy groups -OCH3 is 1. The number of rotatable bonds is 7. The van der Waals surface area contributed by atoms with Crippen molar-refractivity contribution in [2.75, 3.05) is 7.11 Å². The fourth-order valence-corrected chi connectivity index (χ4v) is 2.43. The largest absolute Gasteiger partial charge is 0.466 e. The highest BCUT2D eigenvalue weighted by Gasteiger charge is 2.13. The standard InChI is InChI=1S/C19H28O2/c1-15(2)8-5-9-16(3)10-6-11-17-12-7-13-18(14-17)19(20)21-4/h8,10,12-13H,5-7,9,11,14H2,1-4H3/b16-10+. The Hall–Kier alpha value is -1.57. The molecule has 21 heavy (non-hydrogen) atoms. The highest BCUT2D eigenvalue weighted by molar-refractivity contribution is 5.89. The Morgan fingerprint density at radius 3 is 2.62 bits per heavy atom. The van der Waals surface area contributed by atoms with Crippen LogP contribution in [-0.2, 0) is 9.53 Å². The lowest BCUT2D eigenvalue weighted by molar-refractivity contribution is -0.136. The molecule has 0 aliphatic heterocycles. The third kappa shape index (κ3) is 7.12. The van der Waals surface area contributed by atoms with Gasteiger partial charge in [0.05, 0.1) is 7.11 Å². The Morgan fingerprint density at radius 2 is 1.95 bits per heavy atom. The van der Waals surface area contributed by atoms with E-state index in [-0.39, 0.29) is 5.97 Å². The van der Waals surface area contributed by atoms with Gasteiger partial charge in [-0.1, -0.05) is 41.0 Å². The predicted octanol–water partition coefficient (Wildman–Crippen LogP) is 5.28. The molecular formula is C19H28O2. The molecule has 0 fully saturated rings. The Morgan fingerprint density at radius 1 is 1.19 bits per heavy atom. The zero-order valence-electron chi connectivity index (χ0n) is 13.9. The molecule has 0 radical (unpaired) electrons. The second kappa shape index (κ2) is 9.38. The minimum absolute atomic E-state index is 0.186. The minimum Gasteiger partial charge on any atom is -0.466 e. The van der Waals surface area contributed by atoms with Crippen LogP contribution in [0.4, 0.5) is 0 Å². The zero-order valence-corrected chi connectivity index (χ0v) is 13.9. The molecule has 1 rings (SSSR count). The molecule has 0 aromatic heterocycles. The van der Waals surface area contributed by atoms with Crippen LogP contribution in [-0.4, -0.2) is 13.1 Å². The molecule has 1 aliphatic carbocycles. The number of carbonyl (C=O) groups excluding carboxylic acids is 1. The average Bonchev–Trinajstić information content (AvgIpc) is 2.46. The molecule has 0 aromatic rings. The Kier molecular flexibility index (Phi) is 7.81. The van der Waals surface area contributed by atoms with E-state index < -0.39 is 0 Å². The highest BCUT2D eigenvalue weighted by atomic mass is 16.5. The summed E-state index contributed by atoms with van der Waals surface area (Å²) in [4.78, 5) is 11.5. The molecular weight excluding hydrogens is 260 g/mol. The van der Waals surface area contributed by atoms with E-state index in [4.69, 9.17) is 4.74 Å². The van der Waals surface area contributed by atoms with Gasteiger partial charge in [0.1, 0.15) is 0 Å². The average molecular weight is 288 g/mol. The van der Waals surface area contributed by atoms with Crippen molar-refractivity contribution in [3.05, 3.63) is 46.6 Å². The lowest BCUT2D eigenvalue weighted by Crippen LogP contribution is -2.08. The summed E-state index contributed by atoms with van der Waals surface area (Å²) < 4.78 is 4.79. The summed E-state index contributed by atoms with van der Waals surface area (Å²) in [5.74, 6) is -0.186. The van der Waals surface area contributed by atoms with Crippen LogP contribution >= 0.6 is 0 Å². The first-order chi connectivity index (χ1) is 10.0. The number of ether oxygens (including phenoxy) is 1. The third-order valence-electron chi connectivity index (χ3n) is 3.69. The Bertz CT molecular complexity index is 472. The molecule has 0 saturated heterocycles. The van der Waals surface area contributed by atoms with Crippen molar-refractivity contribution in [3.63, 3.8) is 0 Å². The number of allylic oxidation sites excluding steroid dienone is 7. The summed E-state index contributed by atoms with van der Waals surface area (Å²) in [5, 5.41) is 0. The van der Waals surface area contributed by atoms with Gasteiger partial charge in [-0.25, -0.2) is 4.79 Å². The minimum atomic E-state index is -0.186. The van der Waals surface area contributed by atoms with Gasteiger partial charge < -0.3 is 4.74 Å². The summed E-state index contributed by atoms with van der Waals surface area (Å²) >= 11 is 0. The molecule has 0 saturated carbocycles. The second-order valence-corrected chi connectivity index (χ2v) is 5.91. The second-order valence-electron chi connectivity index (χ2n) is 5.91. The Labute approximate surface area is 129 Å². The smallest absolute Gasteiger partial charge is 0.333 e. The molecule has 0 spiro atoms. The van der Waals surface area contributed by atoms with Crippen molar-refractivity contribution < 1.29 is 9.53 Å². The van der Waals surface area contributed by atoms with E-state index in [1.807, 2.05) is 6.08 Å². The van der Waals surface area contributed by atoms with Crippen LogP contribution in [0.1, 0.15) is 59.3 Å². The van der Waals surface area contributed by atoms with Crippen molar-refractivity contribution >= 4 is 5.97 Å². The molecule has 1 aliphatic rings. The Balaban J connectivity index is 2.34. The number of hydrogen-bond donors (Lipinski definition) is 0. The van der Waals surface area contributed by atoms with E-state index in [9.17, 15) is 4.79 Å². The topological polar surface area (TPSA) is 26.3 Å². The molecule has 0 heterocycles. The van der Waals surface area contributed by atoms with E-state index in [0.29, 0.717) is 0 Å². The monoisotopic (exact) mass is 288 g/mol. The maximum Gasteiger partial charge on any atom is 0.333 e. The molecule has 0 aromatic carbocycles. The fourth-order valence-electron chi connectivity index (χ4n) is 2.43. The van der Waals surface area contributed by atoms with Crippen LogP contribution in [0.25, 0.3) is 0 Å². The lowest BCUT2D eigenvalue weighted by Gasteiger charge is -2.13. The first-order valence-electron chi connectivity index (χ1n) is 7.77. The van der Waals surface area contributed by atoms with Crippen LogP contribution in [0.3, 0.4) is 0 Å². The van der Waals surface area contributed by atoms with Crippen molar-refractivity contribution in [1.29, 1.82) is 0 Å².